The molecule has 0 amide bonds. The minimum Gasteiger partial charge on any atom is -0.459 e. The topological polar surface area (TPSA) is 46.5 Å². The van der Waals surface area contributed by atoms with Crippen LogP contribution in [0, 0.1) is 46.3 Å². The highest BCUT2D eigenvalue weighted by molar-refractivity contribution is 5.66. The summed E-state index contributed by atoms with van der Waals surface area (Å²) < 4.78 is 6.17. The first kappa shape index (κ1) is 24.6. The van der Waals surface area contributed by atoms with Crippen molar-refractivity contribution in [3.05, 3.63) is 0 Å². The van der Waals surface area contributed by atoms with E-state index in [4.69, 9.17) is 4.74 Å². The zero-order chi connectivity index (χ0) is 23.3. The van der Waals surface area contributed by atoms with Crippen molar-refractivity contribution < 1.29 is 14.6 Å². The van der Waals surface area contributed by atoms with Crippen LogP contribution < -0.4 is 0 Å². The van der Waals surface area contributed by atoms with E-state index in [2.05, 4.69) is 34.6 Å². The number of carbonyl (C=O) groups is 1. The average molecular weight is 447 g/mol. The largest absolute Gasteiger partial charge is 0.459 e. The van der Waals surface area contributed by atoms with Gasteiger partial charge in [-0.25, -0.2) is 0 Å². The van der Waals surface area contributed by atoms with Gasteiger partial charge < -0.3 is 9.84 Å². The number of aliphatic hydroxyl groups is 1. The van der Waals surface area contributed by atoms with Crippen LogP contribution in [0.2, 0.25) is 0 Å². The van der Waals surface area contributed by atoms with Crippen LogP contribution in [0.4, 0.5) is 0 Å². The van der Waals surface area contributed by atoms with E-state index in [0.29, 0.717) is 17.8 Å². The van der Waals surface area contributed by atoms with Gasteiger partial charge in [0.2, 0.25) is 0 Å². The minimum absolute atomic E-state index is 0.0170. The second-order valence-electron chi connectivity index (χ2n) is 13.3. The van der Waals surface area contributed by atoms with Crippen LogP contribution in [0.5, 0.6) is 0 Å². The molecule has 4 fully saturated rings. The summed E-state index contributed by atoms with van der Waals surface area (Å²) in [6, 6.07) is 0. The average Bonchev–Trinajstić information content (AvgIpc) is 3.05. The van der Waals surface area contributed by atoms with Gasteiger partial charge in [-0.2, -0.15) is 0 Å². The Morgan fingerprint density at radius 2 is 1.72 bits per heavy atom. The molecule has 0 aromatic carbocycles. The number of esters is 1. The van der Waals surface area contributed by atoms with Gasteiger partial charge in [0.25, 0.3) is 0 Å². The monoisotopic (exact) mass is 446 g/mol. The maximum Gasteiger partial charge on any atom is 0.303 e. The molecule has 0 radical (unpaired) electrons. The minimum atomic E-state index is -0.451. The first-order valence-corrected chi connectivity index (χ1v) is 13.9. The third-order valence-corrected chi connectivity index (χ3v) is 11.3. The van der Waals surface area contributed by atoms with Crippen LogP contribution in [-0.4, -0.2) is 22.8 Å². The highest BCUT2D eigenvalue weighted by Crippen LogP contribution is 2.69. The van der Waals surface area contributed by atoms with E-state index in [1.165, 1.54) is 51.4 Å². The lowest BCUT2D eigenvalue weighted by molar-refractivity contribution is -0.237. The van der Waals surface area contributed by atoms with Gasteiger partial charge in [-0.1, -0.05) is 53.9 Å². The number of carbonyl (C=O) groups excluding carboxylic acids is 1. The van der Waals surface area contributed by atoms with E-state index in [1.807, 2.05) is 0 Å². The SMILES string of the molecule is CC(=O)O[C@@]12CC[C@H]3[C@@H]4CC[C@H]([C@H](C)CCCC(C)C)[C@@]4(C)CC[C@@H]3[C@@]1(C)CC[C@@H](O)C2. The number of ether oxygens (including phenoxy) is 1. The molecule has 9 atom stereocenters. The maximum absolute atomic E-state index is 12.1. The molecule has 4 aliphatic rings. The molecule has 0 spiro atoms. The number of hydrogen-bond donors (Lipinski definition) is 1. The van der Waals surface area contributed by atoms with E-state index in [0.717, 1.165) is 48.9 Å². The van der Waals surface area contributed by atoms with Gasteiger partial charge >= 0.3 is 5.97 Å². The second kappa shape index (κ2) is 8.90. The molecule has 0 aromatic heterocycles. The quantitative estimate of drug-likeness (QED) is 0.440. The molecular formula is C29H50O3. The fourth-order valence-corrected chi connectivity index (χ4v) is 9.71. The van der Waals surface area contributed by atoms with Gasteiger partial charge in [0.05, 0.1) is 6.10 Å². The zero-order valence-electron chi connectivity index (χ0n) is 21.8. The molecule has 4 aliphatic carbocycles. The van der Waals surface area contributed by atoms with Crippen LogP contribution in [0.15, 0.2) is 0 Å². The van der Waals surface area contributed by atoms with Crippen molar-refractivity contribution in [1.29, 1.82) is 0 Å². The van der Waals surface area contributed by atoms with Gasteiger partial charge in [0, 0.05) is 18.8 Å². The molecule has 3 heteroatoms. The fourth-order valence-electron chi connectivity index (χ4n) is 9.71. The first-order valence-electron chi connectivity index (χ1n) is 13.9. The number of aliphatic hydroxyl groups excluding tert-OH is 1. The lowest BCUT2D eigenvalue weighted by atomic mass is 9.43. The van der Waals surface area contributed by atoms with E-state index in [9.17, 15) is 9.90 Å². The molecule has 0 heterocycles. The summed E-state index contributed by atoms with van der Waals surface area (Å²) in [6.07, 6.45) is 13.9. The van der Waals surface area contributed by atoms with Gasteiger partial charge in [0.15, 0.2) is 0 Å². The van der Waals surface area contributed by atoms with Crippen molar-refractivity contribution >= 4 is 5.97 Å². The van der Waals surface area contributed by atoms with E-state index in [1.54, 1.807) is 6.92 Å². The molecule has 3 nitrogen and oxygen atoms in total. The summed E-state index contributed by atoms with van der Waals surface area (Å²) in [6.45, 7) is 13.9. The zero-order valence-corrected chi connectivity index (χ0v) is 21.8. The van der Waals surface area contributed by atoms with Crippen LogP contribution in [0.3, 0.4) is 0 Å². The second-order valence-corrected chi connectivity index (χ2v) is 13.3. The smallest absolute Gasteiger partial charge is 0.303 e. The van der Waals surface area contributed by atoms with Crippen molar-refractivity contribution in [2.75, 3.05) is 0 Å². The third-order valence-electron chi connectivity index (χ3n) is 11.3. The molecule has 0 aromatic rings. The molecule has 184 valence electrons. The molecule has 0 bridgehead atoms. The molecule has 1 N–H and O–H groups in total. The Balaban J connectivity index is 1.53. The van der Waals surface area contributed by atoms with Gasteiger partial charge in [-0.15, -0.1) is 0 Å². The van der Waals surface area contributed by atoms with E-state index < -0.39 is 5.60 Å². The number of fused-ring (bicyclic) bond motifs is 5. The predicted molar refractivity (Wildman–Crippen MR) is 130 cm³/mol. The molecular weight excluding hydrogens is 396 g/mol. The molecule has 0 aliphatic heterocycles. The van der Waals surface area contributed by atoms with Crippen LogP contribution >= 0.6 is 0 Å². The molecule has 0 unspecified atom stereocenters. The van der Waals surface area contributed by atoms with Gasteiger partial charge in [0.1, 0.15) is 5.60 Å². The summed E-state index contributed by atoms with van der Waals surface area (Å²) in [5.74, 6) is 4.60. The van der Waals surface area contributed by atoms with Crippen molar-refractivity contribution in [2.45, 2.75) is 130 Å². The summed E-state index contributed by atoms with van der Waals surface area (Å²) >= 11 is 0. The van der Waals surface area contributed by atoms with Crippen molar-refractivity contribution in [3.8, 4) is 0 Å². The standard InChI is InChI=1S/C29H50O3/c1-19(2)8-7-9-20(3)24-10-11-25-23-13-17-29(32-21(4)30)18-22(31)12-16-28(29,6)26(23)14-15-27(24,25)5/h19-20,22-26,31H,7-18H2,1-6H3/t20-,22-,23+,24-,25+,26+,27-,28-,29-/m1/s1. The number of hydrogen-bond acceptors (Lipinski definition) is 3. The van der Waals surface area contributed by atoms with Crippen molar-refractivity contribution in [1.82, 2.24) is 0 Å². The summed E-state index contributed by atoms with van der Waals surface area (Å²) in [7, 11) is 0. The molecule has 32 heavy (non-hydrogen) atoms. The number of rotatable bonds is 6. The fraction of sp³-hybridized carbons (Fsp3) is 0.966. The Morgan fingerprint density at radius 1 is 0.969 bits per heavy atom. The third kappa shape index (κ3) is 3.97. The summed E-state index contributed by atoms with van der Waals surface area (Å²) in [5.41, 5.74) is 0.0566. The van der Waals surface area contributed by atoms with Crippen LogP contribution in [-0.2, 0) is 9.53 Å². The molecule has 4 rings (SSSR count). The summed E-state index contributed by atoms with van der Waals surface area (Å²) in [4.78, 5) is 12.1. The van der Waals surface area contributed by atoms with Gasteiger partial charge in [-0.3, -0.25) is 4.79 Å². The van der Waals surface area contributed by atoms with Crippen LogP contribution in [0.25, 0.3) is 0 Å². The normalized spacial score (nSPS) is 46.8. The Kier molecular flexibility index (Phi) is 6.83. The predicted octanol–water partition coefficient (Wildman–Crippen LogP) is 7.15. The first-order chi connectivity index (χ1) is 15.0. The highest BCUT2D eigenvalue weighted by Gasteiger charge is 2.66. The van der Waals surface area contributed by atoms with Crippen molar-refractivity contribution in [3.63, 3.8) is 0 Å². The lowest BCUT2D eigenvalue weighted by Crippen LogP contribution is -2.64. The Bertz CT molecular complexity index is 688. The van der Waals surface area contributed by atoms with E-state index in [-0.39, 0.29) is 17.5 Å². The Morgan fingerprint density at radius 3 is 2.41 bits per heavy atom. The van der Waals surface area contributed by atoms with Crippen molar-refractivity contribution in [2.24, 2.45) is 46.3 Å². The molecule has 0 saturated heterocycles. The van der Waals surface area contributed by atoms with Crippen LogP contribution in [0.1, 0.15) is 119 Å². The highest BCUT2D eigenvalue weighted by atomic mass is 16.6. The Labute approximate surface area is 197 Å². The maximum atomic E-state index is 12.1. The summed E-state index contributed by atoms with van der Waals surface area (Å²) in [5, 5.41) is 10.5. The lowest BCUT2D eigenvalue weighted by Gasteiger charge is -2.64. The van der Waals surface area contributed by atoms with E-state index >= 15 is 0 Å². The van der Waals surface area contributed by atoms with Gasteiger partial charge in [-0.05, 0) is 92.3 Å². The molecule has 4 saturated carbocycles. The Hall–Kier alpha value is -0.570.